The fourth-order valence-corrected chi connectivity index (χ4v) is 1.77. The summed E-state index contributed by atoms with van der Waals surface area (Å²) in [6, 6.07) is 7.56. The second kappa shape index (κ2) is 4.41. The van der Waals surface area contributed by atoms with Gasteiger partial charge in [0.2, 0.25) is 0 Å². The summed E-state index contributed by atoms with van der Waals surface area (Å²) < 4.78 is 5.15. The Morgan fingerprint density at radius 3 is 2.59 bits per heavy atom. The van der Waals surface area contributed by atoms with E-state index in [0.29, 0.717) is 5.69 Å². The first-order valence-corrected chi connectivity index (χ1v) is 5.33. The first-order chi connectivity index (χ1) is 8.10. The lowest BCUT2D eigenvalue weighted by Gasteiger charge is -2.07. The average Bonchev–Trinajstić information content (AvgIpc) is 2.27. The van der Waals surface area contributed by atoms with Gasteiger partial charge in [0, 0.05) is 11.3 Å². The van der Waals surface area contributed by atoms with Gasteiger partial charge >= 0.3 is 5.69 Å². The Hall–Kier alpha value is -2.10. The van der Waals surface area contributed by atoms with Crippen LogP contribution in [0.5, 0.6) is 5.75 Å². The maximum Gasteiger partial charge on any atom is 0.345 e. The second-order valence-electron chi connectivity index (χ2n) is 3.94. The Bertz CT molecular complexity index is 603. The number of methoxy groups -OCH3 is 1. The van der Waals surface area contributed by atoms with E-state index in [-0.39, 0.29) is 5.69 Å². The standard InChI is InChI=1S/C13H14N2O2/c1-8-6-10(17-3)4-5-11(8)12-7-9(2)14-13(16)15-12/h4-7H,1-3H3,(H,14,15,16). The van der Waals surface area contributed by atoms with Crippen LogP contribution in [0.15, 0.2) is 29.1 Å². The summed E-state index contributed by atoms with van der Waals surface area (Å²) in [5.41, 5.74) is 3.14. The molecule has 0 aliphatic carbocycles. The maximum absolute atomic E-state index is 11.3. The van der Waals surface area contributed by atoms with Crippen LogP contribution in [-0.2, 0) is 0 Å². The predicted octanol–water partition coefficient (Wildman–Crippen LogP) is 2.06. The zero-order valence-electron chi connectivity index (χ0n) is 10.1. The summed E-state index contributed by atoms with van der Waals surface area (Å²) in [7, 11) is 1.63. The molecule has 0 spiro atoms. The topological polar surface area (TPSA) is 55.0 Å². The van der Waals surface area contributed by atoms with Gasteiger partial charge in [-0.2, -0.15) is 4.98 Å². The van der Waals surface area contributed by atoms with Crippen molar-refractivity contribution in [3.8, 4) is 17.0 Å². The quantitative estimate of drug-likeness (QED) is 0.859. The molecule has 0 amide bonds. The van der Waals surface area contributed by atoms with Gasteiger partial charge in [0.1, 0.15) is 5.75 Å². The molecule has 0 aliphatic rings. The minimum absolute atomic E-state index is 0.324. The Morgan fingerprint density at radius 2 is 2.00 bits per heavy atom. The van der Waals surface area contributed by atoms with Gasteiger partial charge in [-0.1, -0.05) is 0 Å². The van der Waals surface area contributed by atoms with Crippen molar-refractivity contribution in [2.75, 3.05) is 7.11 Å². The Labute approximate surface area is 99.3 Å². The van der Waals surface area contributed by atoms with Gasteiger partial charge in [-0.05, 0) is 43.7 Å². The first-order valence-electron chi connectivity index (χ1n) is 5.33. The van der Waals surface area contributed by atoms with Gasteiger partial charge in [0.25, 0.3) is 0 Å². The molecule has 1 aromatic heterocycles. The van der Waals surface area contributed by atoms with Gasteiger partial charge in [-0.3, -0.25) is 0 Å². The molecule has 0 aliphatic heterocycles. The van der Waals surface area contributed by atoms with E-state index >= 15 is 0 Å². The van der Waals surface area contributed by atoms with E-state index in [1.807, 2.05) is 38.1 Å². The van der Waals surface area contributed by atoms with E-state index in [9.17, 15) is 4.79 Å². The van der Waals surface area contributed by atoms with Crippen LogP contribution in [0.4, 0.5) is 0 Å². The highest BCUT2D eigenvalue weighted by Gasteiger charge is 2.06. The molecule has 1 aromatic carbocycles. The fraction of sp³-hybridized carbons (Fsp3) is 0.231. The SMILES string of the molecule is COc1ccc(-c2cc(C)[nH]c(=O)n2)c(C)c1. The van der Waals surface area contributed by atoms with Crippen molar-refractivity contribution in [3.63, 3.8) is 0 Å². The summed E-state index contributed by atoms with van der Waals surface area (Å²) in [5, 5.41) is 0. The highest BCUT2D eigenvalue weighted by molar-refractivity contribution is 5.64. The van der Waals surface area contributed by atoms with Crippen LogP contribution in [0.3, 0.4) is 0 Å². The molecule has 2 aromatic rings. The fourth-order valence-electron chi connectivity index (χ4n) is 1.77. The van der Waals surface area contributed by atoms with Crippen molar-refractivity contribution in [2.45, 2.75) is 13.8 Å². The number of rotatable bonds is 2. The molecule has 88 valence electrons. The highest BCUT2D eigenvalue weighted by atomic mass is 16.5. The van der Waals surface area contributed by atoms with Gasteiger partial charge in [-0.15, -0.1) is 0 Å². The molecule has 0 unspecified atom stereocenters. The highest BCUT2D eigenvalue weighted by Crippen LogP contribution is 2.24. The van der Waals surface area contributed by atoms with E-state index in [0.717, 1.165) is 22.6 Å². The third kappa shape index (κ3) is 2.36. The number of hydrogen-bond acceptors (Lipinski definition) is 3. The first kappa shape index (κ1) is 11.4. The molecule has 4 nitrogen and oxygen atoms in total. The molecule has 17 heavy (non-hydrogen) atoms. The number of aryl methyl sites for hydroxylation is 2. The minimum Gasteiger partial charge on any atom is -0.497 e. The summed E-state index contributed by atoms with van der Waals surface area (Å²) in [5.74, 6) is 0.799. The van der Waals surface area contributed by atoms with Crippen molar-refractivity contribution in [1.29, 1.82) is 0 Å². The molecular formula is C13H14N2O2. The average molecular weight is 230 g/mol. The molecule has 1 N–H and O–H groups in total. The molecule has 0 saturated heterocycles. The van der Waals surface area contributed by atoms with Crippen LogP contribution in [0.2, 0.25) is 0 Å². The van der Waals surface area contributed by atoms with Crippen LogP contribution in [0.25, 0.3) is 11.3 Å². The Kier molecular flexibility index (Phi) is 2.95. The largest absolute Gasteiger partial charge is 0.497 e. The Balaban J connectivity index is 2.56. The predicted molar refractivity (Wildman–Crippen MR) is 66.3 cm³/mol. The molecule has 1 heterocycles. The van der Waals surface area contributed by atoms with Crippen molar-refractivity contribution < 1.29 is 4.74 Å². The second-order valence-corrected chi connectivity index (χ2v) is 3.94. The summed E-state index contributed by atoms with van der Waals surface area (Å²) in [4.78, 5) is 17.9. The third-order valence-corrected chi connectivity index (χ3v) is 2.59. The zero-order valence-corrected chi connectivity index (χ0v) is 10.1. The van der Waals surface area contributed by atoms with E-state index in [1.165, 1.54) is 0 Å². The van der Waals surface area contributed by atoms with Crippen LogP contribution in [0.1, 0.15) is 11.3 Å². The van der Waals surface area contributed by atoms with Crippen LogP contribution in [0, 0.1) is 13.8 Å². The molecule has 4 heteroatoms. The smallest absolute Gasteiger partial charge is 0.345 e. The van der Waals surface area contributed by atoms with Gasteiger partial charge in [-0.25, -0.2) is 4.79 Å². The number of hydrogen-bond donors (Lipinski definition) is 1. The molecule has 0 fully saturated rings. The van der Waals surface area contributed by atoms with Crippen molar-refractivity contribution in [2.24, 2.45) is 0 Å². The molecule has 0 atom stereocenters. The number of aromatic nitrogens is 2. The molecule has 0 radical (unpaired) electrons. The lowest BCUT2D eigenvalue weighted by Crippen LogP contribution is -2.12. The lowest BCUT2D eigenvalue weighted by atomic mass is 10.0. The molecular weight excluding hydrogens is 216 g/mol. The maximum atomic E-state index is 11.3. The third-order valence-electron chi connectivity index (χ3n) is 2.59. The number of aromatic amines is 1. The van der Waals surface area contributed by atoms with Crippen LogP contribution in [-0.4, -0.2) is 17.1 Å². The number of nitrogens with one attached hydrogen (secondary N) is 1. The molecule has 2 rings (SSSR count). The summed E-state index contributed by atoms with van der Waals surface area (Å²) in [6.07, 6.45) is 0. The van der Waals surface area contributed by atoms with Crippen molar-refractivity contribution >= 4 is 0 Å². The summed E-state index contributed by atoms with van der Waals surface area (Å²) >= 11 is 0. The van der Waals surface area contributed by atoms with E-state index in [1.54, 1.807) is 7.11 Å². The lowest BCUT2D eigenvalue weighted by molar-refractivity contribution is 0.414. The minimum atomic E-state index is -0.324. The number of ether oxygens (including phenoxy) is 1. The van der Waals surface area contributed by atoms with Crippen molar-refractivity contribution in [3.05, 3.63) is 46.0 Å². The molecule has 0 bridgehead atoms. The zero-order chi connectivity index (χ0) is 12.4. The van der Waals surface area contributed by atoms with Gasteiger partial charge in [0.15, 0.2) is 0 Å². The van der Waals surface area contributed by atoms with Crippen LogP contribution < -0.4 is 10.4 Å². The number of nitrogens with zero attached hydrogens (tertiary/aromatic N) is 1. The Morgan fingerprint density at radius 1 is 1.24 bits per heavy atom. The summed E-state index contributed by atoms with van der Waals surface area (Å²) in [6.45, 7) is 3.81. The van der Waals surface area contributed by atoms with E-state index in [2.05, 4.69) is 9.97 Å². The van der Waals surface area contributed by atoms with E-state index < -0.39 is 0 Å². The van der Waals surface area contributed by atoms with Crippen LogP contribution >= 0.6 is 0 Å². The number of H-pyrrole nitrogens is 1. The van der Waals surface area contributed by atoms with Gasteiger partial charge < -0.3 is 9.72 Å². The van der Waals surface area contributed by atoms with Crippen molar-refractivity contribution in [1.82, 2.24) is 9.97 Å². The monoisotopic (exact) mass is 230 g/mol. The number of benzene rings is 1. The van der Waals surface area contributed by atoms with E-state index in [4.69, 9.17) is 4.74 Å². The normalized spacial score (nSPS) is 10.3. The van der Waals surface area contributed by atoms with Gasteiger partial charge in [0.05, 0.1) is 12.8 Å². The molecule has 0 saturated carbocycles.